The Morgan fingerprint density at radius 3 is 3.00 bits per heavy atom. The van der Waals surface area contributed by atoms with Crippen LogP contribution in [0, 0.1) is 0 Å². The summed E-state index contributed by atoms with van der Waals surface area (Å²) in [6.07, 6.45) is 1.32. The monoisotopic (exact) mass is 273 g/mol. The van der Waals surface area contributed by atoms with Gasteiger partial charge in [0.1, 0.15) is 0 Å². The molecule has 0 aromatic carbocycles. The number of hydrogen-bond donors (Lipinski definition) is 2. The maximum absolute atomic E-state index is 11.3. The van der Waals surface area contributed by atoms with Gasteiger partial charge in [-0.1, -0.05) is 6.92 Å². The van der Waals surface area contributed by atoms with Crippen LogP contribution >= 0.6 is 23.1 Å². The summed E-state index contributed by atoms with van der Waals surface area (Å²) >= 11 is 2.80. The molecule has 0 bridgehead atoms. The molecule has 3 N–H and O–H groups in total. The maximum Gasteiger partial charge on any atom is 0.227 e. The molecule has 0 aliphatic rings. The zero-order valence-corrected chi connectivity index (χ0v) is 11.2. The molecule has 17 heavy (non-hydrogen) atoms. The number of primary amides is 1. The summed E-state index contributed by atoms with van der Waals surface area (Å²) in [6.45, 7) is 1.95. The lowest BCUT2D eigenvalue weighted by Crippen LogP contribution is -2.13. The Hall–Kier alpha value is -1.08. The van der Waals surface area contributed by atoms with E-state index in [2.05, 4.69) is 10.3 Å². The van der Waals surface area contributed by atoms with E-state index in [-0.39, 0.29) is 17.6 Å². The van der Waals surface area contributed by atoms with Crippen LogP contribution in [-0.2, 0) is 15.3 Å². The minimum Gasteiger partial charge on any atom is -0.369 e. The number of nitrogens with one attached hydrogen (secondary N) is 1. The Labute approximate surface area is 108 Å². The number of thiazole rings is 1. The van der Waals surface area contributed by atoms with E-state index in [1.165, 1.54) is 23.1 Å². The van der Waals surface area contributed by atoms with Crippen LogP contribution in [0.25, 0.3) is 0 Å². The summed E-state index contributed by atoms with van der Waals surface area (Å²) in [4.78, 5) is 26.1. The average molecular weight is 273 g/mol. The van der Waals surface area contributed by atoms with Crippen molar-refractivity contribution < 1.29 is 9.59 Å². The van der Waals surface area contributed by atoms with E-state index in [4.69, 9.17) is 5.73 Å². The summed E-state index contributed by atoms with van der Waals surface area (Å²) in [5, 5.41) is 5.21. The molecule has 1 aromatic rings. The molecule has 1 aromatic heterocycles. The molecule has 0 unspecified atom stereocenters. The predicted octanol–water partition coefficient (Wildman–Crippen LogP) is 1.60. The molecule has 2 amide bonds. The largest absolute Gasteiger partial charge is 0.369 e. The van der Waals surface area contributed by atoms with E-state index in [9.17, 15) is 9.59 Å². The van der Waals surface area contributed by atoms with E-state index in [1.54, 1.807) is 0 Å². The first kappa shape index (κ1) is 14.0. The third-order valence-electron chi connectivity index (χ3n) is 1.77. The van der Waals surface area contributed by atoms with Crippen molar-refractivity contribution in [2.45, 2.75) is 25.5 Å². The topological polar surface area (TPSA) is 85.1 Å². The van der Waals surface area contributed by atoms with Gasteiger partial charge in [-0.25, -0.2) is 4.98 Å². The summed E-state index contributed by atoms with van der Waals surface area (Å²) in [6, 6.07) is 0. The first-order valence-corrected chi connectivity index (χ1v) is 7.25. The molecule has 0 atom stereocenters. The molecule has 7 heteroatoms. The molecule has 5 nitrogen and oxygen atoms in total. The van der Waals surface area contributed by atoms with Crippen molar-refractivity contribution in [3.63, 3.8) is 0 Å². The van der Waals surface area contributed by atoms with Crippen LogP contribution in [0.2, 0.25) is 0 Å². The Morgan fingerprint density at radius 1 is 1.59 bits per heavy atom. The van der Waals surface area contributed by atoms with Crippen LogP contribution in [0.4, 0.5) is 5.13 Å². The number of thioether (sulfide) groups is 1. The highest BCUT2D eigenvalue weighted by Gasteiger charge is 2.06. The molecule has 1 heterocycles. The van der Waals surface area contributed by atoms with Gasteiger partial charge in [0.15, 0.2) is 5.13 Å². The van der Waals surface area contributed by atoms with Crippen molar-refractivity contribution >= 4 is 40.0 Å². The zero-order chi connectivity index (χ0) is 12.7. The van der Waals surface area contributed by atoms with Crippen LogP contribution in [0.5, 0.6) is 0 Å². The fourth-order valence-corrected chi connectivity index (χ4v) is 2.59. The highest BCUT2D eigenvalue weighted by atomic mass is 32.2. The number of rotatable bonds is 7. The van der Waals surface area contributed by atoms with Gasteiger partial charge in [0.25, 0.3) is 0 Å². The molecule has 1 rings (SSSR count). The second-order valence-electron chi connectivity index (χ2n) is 3.40. The average Bonchev–Trinajstić information content (AvgIpc) is 2.65. The number of amides is 2. The van der Waals surface area contributed by atoms with Crippen LogP contribution in [-0.4, -0.2) is 22.6 Å². The van der Waals surface area contributed by atoms with Gasteiger partial charge in [-0.15, -0.1) is 23.1 Å². The number of hydrogen-bond acceptors (Lipinski definition) is 5. The molecule has 0 aliphatic carbocycles. The van der Waals surface area contributed by atoms with E-state index < -0.39 is 0 Å². The first-order chi connectivity index (χ1) is 8.11. The summed E-state index contributed by atoms with van der Waals surface area (Å²) < 4.78 is 0. The van der Waals surface area contributed by atoms with Crippen molar-refractivity contribution in [3.05, 3.63) is 11.1 Å². The second kappa shape index (κ2) is 7.29. The highest BCUT2D eigenvalue weighted by molar-refractivity contribution is 7.99. The Bertz CT molecular complexity index is 393. The third kappa shape index (κ3) is 5.69. The van der Waals surface area contributed by atoms with Crippen molar-refractivity contribution in [1.82, 2.24) is 4.98 Å². The number of nitrogens with zero attached hydrogens (tertiary/aromatic N) is 1. The number of carbonyl (C=O) groups is 2. The van der Waals surface area contributed by atoms with Crippen LogP contribution in [0.1, 0.15) is 25.5 Å². The number of carbonyl (C=O) groups excluding carboxylic acids is 2. The third-order valence-corrected chi connectivity index (χ3v) is 3.56. The fourth-order valence-electron chi connectivity index (χ4n) is 1.10. The minimum atomic E-state index is -0.332. The van der Waals surface area contributed by atoms with Crippen LogP contribution in [0.15, 0.2) is 5.38 Å². The van der Waals surface area contributed by atoms with Crippen molar-refractivity contribution in [2.24, 2.45) is 5.73 Å². The molecule has 0 saturated heterocycles. The molecular formula is C10H15N3O2S2. The first-order valence-electron chi connectivity index (χ1n) is 5.22. The van der Waals surface area contributed by atoms with Crippen molar-refractivity contribution in [2.75, 3.05) is 11.1 Å². The molecule has 0 aliphatic heterocycles. The van der Waals surface area contributed by atoms with Gasteiger partial charge in [-0.3, -0.25) is 9.59 Å². The Morgan fingerprint density at radius 2 is 2.35 bits per heavy atom. The highest BCUT2D eigenvalue weighted by Crippen LogP contribution is 2.19. The smallest absolute Gasteiger partial charge is 0.227 e. The predicted molar refractivity (Wildman–Crippen MR) is 71.0 cm³/mol. The lowest BCUT2D eigenvalue weighted by atomic mass is 10.3. The van der Waals surface area contributed by atoms with Gasteiger partial charge < -0.3 is 11.1 Å². The fraction of sp³-hybridized carbons (Fsp3) is 0.500. The standard InChI is InChI=1S/C10H15N3O2S2/c1-2-3-9(15)13-10-12-7(5-17-10)4-16-6-8(11)14/h5H,2-4,6H2,1H3,(H2,11,14)(H,12,13,15). The lowest BCUT2D eigenvalue weighted by Gasteiger charge is -1.98. The lowest BCUT2D eigenvalue weighted by molar-refractivity contribution is -0.116. The molecular weight excluding hydrogens is 258 g/mol. The summed E-state index contributed by atoms with van der Waals surface area (Å²) in [5.74, 6) is 0.568. The van der Waals surface area contributed by atoms with Gasteiger partial charge in [0.05, 0.1) is 11.4 Å². The number of nitrogens with two attached hydrogens (primary N) is 1. The van der Waals surface area contributed by atoms with E-state index in [0.29, 0.717) is 17.3 Å². The Kier molecular flexibility index (Phi) is 5.99. The number of anilines is 1. The molecule has 0 saturated carbocycles. The van der Waals surface area contributed by atoms with E-state index in [0.717, 1.165) is 12.1 Å². The van der Waals surface area contributed by atoms with Crippen molar-refractivity contribution in [1.29, 1.82) is 0 Å². The molecule has 0 spiro atoms. The minimum absolute atomic E-state index is 0.0156. The molecule has 0 fully saturated rings. The van der Waals surface area contributed by atoms with Gasteiger partial charge in [-0.2, -0.15) is 0 Å². The maximum atomic E-state index is 11.3. The van der Waals surface area contributed by atoms with Gasteiger partial charge in [0, 0.05) is 17.6 Å². The van der Waals surface area contributed by atoms with Crippen molar-refractivity contribution in [3.8, 4) is 0 Å². The van der Waals surface area contributed by atoms with Gasteiger partial charge in [0.2, 0.25) is 11.8 Å². The normalized spacial score (nSPS) is 10.2. The zero-order valence-electron chi connectivity index (χ0n) is 9.56. The molecule has 0 radical (unpaired) electrons. The summed E-state index contributed by atoms with van der Waals surface area (Å²) in [7, 11) is 0. The quantitative estimate of drug-likeness (QED) is 0.790. The van der Waals surface area contributed by atoms with E-state index >= 15 is 0 Å². The van der Waals surface area contributed by atoms with E-state index in [1.807, 2.05) is 12.3 Å². The van der Waals surface area contributed by atoms with Gasteiger partial charge in [-0.05, 0) is 6.42 Å². The second-order valence-corrected chi connectivity index (χ2v) is 5.24. The van der Waals surface area contributed by atoms with Gasteiger partial charge >= 0.3 is 0 Å². The van der Waals surface area contributed by atoms with Crippen LogP contribution < -0.4 is 11.1 Å². The Balaban J connectivity index is 2.37. The molecule has 94 valence electrons. The SMILES string of the molecule is CCCC(=O)Nc1nc(CSCC(N)=O)cs1. The number of aromatic nitrogens is 1. The van der Waals surface area contributed by atoms with Crippen LogP contribution in [0.3, 0.4) is 0 Å². The summed E-state index contributed by atoms with van der Waals surface area (Å²) in [5.41, 5.74) is 5.88.